The standard InChI is InChI=1S/C16H22N2OS/c1-12-7-14-15(8-13(12)2)18(11-17-14)9-16(10-20)3-5-19-6-4-16/h7-8,11,20H,3-6,9-10H2,1-2H3. The van der Waals surface area contributed by atoms with Crippen molar-refractivity contribution in [3.05, 3.63) is 29.6 Å². The van der Waals surface area contributed by atoms with E-state index in [0.29, 0.717) is 0 Å². The van der Waals surface area contributed by atoms with Gasteiger partial charge in [0.2, 0.25) is 0 Å². The minimum absolute atomic E-state index is 0.244. The molecule has 0 spiro atoms. The number of nitrogens with zero attached hydrogens (tertiary/aromatic N) is 2. The number of aromatic nitrogens is 2. The SMILES string of the molecule is Cc1cc2ncn(CC3(CS)CCOCC3)c2cc1C. The zero-order valence-corrected chi connectivity index (χ0v) is 13.1. The lowest BCUT2D eigenvalue weighted by Gasteiger charge is -2.36. The molecule has 1 aliphatic rings. The molecule has 2 heterocycles. The highest BCUT2D eigenvalue weighted by Gasteiger charge is 2.32. The summed E-state index contributed by atoms with van der Waals surface area (Å²) in [6.07, 6.45) is 4.15. The van der Waals surface area contributed by atoms with Crippen molar-refractivity contribution in [2.45, 2.75) is 33.2 Å². The number of aryl methyl sites for hydroxylation is 2. The minimum Gasteiger partial charge on any atom is -0.381 e. The summed E-state index contributed by atoms with van der Waals surface area (Å²) in [4.78, 5) is 4.56. The van der Waals surface area contributed by atoms with Gasteiger partial charge in [0.05, 0.1) is 17.4 Å². The summed E-state index contributed by atoms with van der Waals surface area (Å²) in [5.74, 6) is 0.904. The minimum atomic E-state index is 0.244. The van der Waals surface area contributed by atoms with E-state index in [2.05, 4.69) is 48.2 Å². The molecular formula is C16H22N2OS. The molecule has 0 radical (unpaired) electrons. The second-order valence-corrected chi connectivity index (χ2v) is 6.38. The van der Waals surface area contributed by atoms with Crippen molar-refractivity contribution in [1.82, 2.24) is 9.55 Å². The van der Waals surface area contributed by atoms with Crippen LogP contribution in [0, 0.1) is 19.3 Å². The summed E-state index contributed by atoms with van der Waals surface area (Å²) in [6.45, 7) is 6.99. The molecule has 1 aromatic carbocycles. The fourth-order valence-corrected chi connectivity index (χ4v) is 3.39. The Morgan fingerprint density at radius 1 is 1.25 bits per heavy atom. The molecule has 0 aliphatic carbocycles. The molecule has 0 bridgehead atoms. The molecule has 1 aromatic heterocycles. The van der Waals surface area contributed by atoms with Crippen molar-refractivity contribution in [3.63, 3.8) is 0 Å². The van der Waals surface area contributed by atoms with Crippen LogP contribution >= 0.6 is 12.6 Å². The van der Waals surface area contributed by atoms with Crippen LogP contribution in [-0.2, 0) is 11.3 Å². The maximum Gasteiger partial charge on any atom is 0.0958 e. The second-order valence-electron chi connectivity index (χ2n) is 6.07. The monoisotopic (exact) mass is 290 g/mol. The largest absolute Gasteiger partial charge is 0.381 e. The Morgan fingerprint density at radius 2 is 1.95 bits per heavy atom. The number of rotatable bonds is 3. The molecule has 3 rings (SSSR count). The molecular weight excluding hydrogens is 268 g/mol. The molecule has 0 atom stereocenters. The lowest BCUT2D eigenvalue weighted by Crippen LogP contribution is -2.35. The molecule has 1 aliphatic heterocycles. The quantitative estimate of drug-likeness (QED) is 0.877. The van der Waals surface area contributed by atoms with Crippen LogP contribution in [-0.4, -0.2) is 28.5 Å². The van der Waals surface area contributed by atoms with Gasteiger partial charge in [0.1, 0.15) is 0 Å². The average Bonchev–Trinajstić information content (AvgIpc) is 2.83. The van der Waals surface area contributed by atoms with Gasteiger partial charge < -0.3 is 9.30 Å². The van der Waals surface area contributed by atoms with Crippen LogP contribution in [0.4, 0.5) is 0 Å². The molecule has 2 aromatic rings. The first-order valence-electron chi connectivity index (χ1n) is 7.24. The van der Waals surface area contributed by atoms with E-state index in [0.717, 1.165) is 43.9 Å². The van der Waals surface area contributed by atoms with Crippen LogP contribution in [0.2, 0.25) is 0 Å². The molecule has 0 saturated carbocycles. The van der Waals surface area contributed by atoms with E-state index >= 15 is 0 Å². The van der Waals surface area contributed by atoms with E-state index < -0.39 is 0 Å². The van der Waals surface area contributed by atoms with Gasteiger partial charge in [-0.15, -0.1) is 0 Å². The normalized spacial score (nSPS) is 18.6. The molecule has 1 fully saturated rings. The zero-order chi connectivity index (χ0) is 14.2. The Morgan fingerprint density at radius 3 is 2.65 bits per heavy atom. The van der Waals surface area contributed by atoms with Crippen LogP contribution in [0.3, 0.4) is 0 Å². The maximum atomic E-state index is 5.51. The summed E-state index contributed by atoms with van der Waals surface area (Å²) in [7, 11) is 0. The number of imidazole rings is 1. The number of thiol groups is 1. The first-order valence-corrected chi connectivity index (χ1v) is 7.87. The average molecular weight is 290 g/mol. The molecule has 0 unspecified atom stereocenters. The zero-order valence-electron chi connectivity index (χ0n) is 12.2. The summed E-state index contributed by atoms with van der Waals surface area (Å²) in [5, 5.41) is 0. The van der Waals surface area contributed by atoms with Gasteiger partial charge in [-0.1, -0.05) is 0 Å². The Hall–Kier alpha value is -1.00. The van der Waals surface area contributed by atoms with Gasteiger partial charge in [0, 0.05) is 25.2 Å². The van der Waals surface area contributed by atoms with Gasteiger partial charge in [-0.05, 0) is 55.7 Å². The summed E-state index contributed by atoms with van der Waals surface area (Å²) >= 11 is 4.60. The second kappa shape index (κ2) is 5.41. The number of hydrogen-bond donors (Lipinski definition) is 1. The van der Waals surface area contributed by atoms with Crippen LogP contribution in [0.5, 0.6) is 0 Å². The molecule has 3 nitrogen and oxygen atoms in total. The van der Waals surface area contributed by atoms with Crippen LogP contribution in [0.15, 0.2) is 18.5 Å². The summed E-state index contributed by atoms with van der Waals surface area (Å²) in [5.41, 5.74) is 5.20. The van der Waals surface area contributed by atoms with Crippen molar-refractivity contribution < 1.29 is 4.74 Å². The van der Waals surface area contributed by atoms with E-state index in [1.807, 2.05) is 6.33 Å². The fourth-order valence-electron chi connectivity index (χ4n) is 2.97. The fraction of sp³-hybridized carbons (Fsp3) is 0.562. The van der Waals surface area contributed by atoms with E-state index in [1.165, 1.54) is 16.6 Å². The maximum absolute atomic E-state index is 5.51. The lowest BCUT2D eigenvalue weighted by atomic mass is 9.82. The Kier molecular flexibility index (Phi) is 3.78. The molecule has 108 valence electrons. The van der Waals surface area contributed by atoms with Gasteiger partial charge in [-0.3, -0.25) is 0 Å². The summed E-state index contributed by atoms with van der Waals surface area (Å²) in [6, 6.07) is 4.43. The molecule has 4 heteroatoms. The van der Waals surface area contributed by atoms with Crippen molar-refractivity contribution in [2.75, 3.05) is 19.0 Å². The van der Waals surface area contributed by atoms with E-state index in [4.69, 9.17) is 4.74 Å². The van der Waals surface area contributed by atoms with Crippen molar-refractivity contribution >= 4 is 23.7 Å². The highest BCUT2D eigenvalue weighted by molar-refractivity contribution is 7.80. The smallest absolute Gasteiger partial charge is 0.0958 e. The topological polar surface area (TPSA) is 27.1 Å². The number of ether oxygens (including phenoxy) is 1. The van der Waals surface area contributed by atoms with E-state index in [9.17, 15) is 0 Å². The van der Waals surface area contributed by atoms with Crippen molar-refractivity contribution in [2.24, 2.45) is 5.41 Å². The van der Waals surface area contributed by atoms with Gasteiger partial charge in [-0.25, -0.2) is 4.98 Å². The third-order valence-electron chi connectivity index (χ3n) is 4.63. The van der Waals surface area contributed by atoms with Crippen LogP contribution in [0.25, 0.3) is 11.0 Å². The van der Waals surface area contributed by atoms with Gasteiger partial charge in [0.15, 0.2) is 0 Å². The molecule has 0 N–H and O–H groups in total. The van der Waals surface area contributed by atoms with Gasteiger partial charge >= 0.3 is 0 Å². The first kappa shape index (κ1) is 14.0. The van der Waals surface area contributed by atoms with Crippen molar-refractivity contribution in [3.8, 4) is 0 Å². The number of hydrogen-bond acceptors (Lipinski definition) is 3. The lowest BCUT2D eigenvalue weighted by molar-refractivity contribution is 0.0187. The Balaban J connectivity index is 1.96. The van der Waals surface area contributed by atoms with Gasteiger partial charge in [0.25, 0.3) is 0 Å². The van der Waals surface area contributed by atoms with Crippen molar-refractivity contribution in [1.29, 1.82) is 0 Å². The first-order chi connectivity index (χ1) is 9.63. The van der Waals surface area contributed by atoms with E-state index in [-0.39, 0.29) is 5.41 Å². The predicted octanol–water partition coefficient (Wildman–Crippen LogP) is 3.38. The molecule has 20 heavy (non-hydrogen) atoms. The number of benzene rings is 1. The number of fused-ring (bicyclic) bond motifs is 1. The van der Waals surface area contributed by atoms with Crippen LogP contribution in [0.1, 0.15) is 24.0 Å². The third kappa shape index (κ3) is 2.47. The highest BCUT2D eigenvalue weighted by Crippen LogP contribution is 2.34. The predicted molar refractivity (Wildman–Crippen MR) is 85.5 cm³/mol. The molecule has 1 saturated heterocycles. The molecule has 0 amide bonds. The third-order valence-corrected chi connectivity index (χ3v) is 5.30. The Bertz CT molecular complexity index is 614. The van der Waals surface area contributed by atoms with Gasteiger partial charge in [-0.2, -0.15) is 12.6 Å². The highest BCUT2D eigenvalue weighted by atomic mass is 32.1. The van der Waals surface area contributed by atoms with Crippen LogP contribution < -0.4 is 0 Å². The summed E-state index contributed by atoms with van der Waals surface area (Å²) < 4.78 is 7.80. The Labute approximate surface area is 125 Å². The van der Waals surface area contributed by atoms with E-state index in [1.54, 1.807) is 0 Å².